The van der Waals surface area contributed by atoms with E-state index < -0.39 is 10.0 Å². The van der Waals surface area contributed by atoms with Crippen LogP contribution in [0.4, 0.5) is 0 Å². The van der Waals surface area contributed by atoms with Crippen molar-refractivity contribution in [2.45, 2.75) is 17.1 Å². The van der Waals surface area contributed by atoms with Gasteiger partial charge < -0.3 is 4.90 Å². The molecule has 0 saturated carbocycles. The van der Waals surface area contributed by atoms with Gasteiger partial charge in [0.25, 0.3) is 10.0 Å². The number of sulfonamides is 1. The second-order valence-electron chi connectivity index (χ2n) is 5.93. The number of piperazine rings is 1. The van der Waals surface area contributed by atoms with Crippen molar-refractivity contribution in [1.29, 1.82) is 0 Å². The average Bonchev–Trinajstić information content (AvgIpc) is 3.08. The van der Waals surface area contributed by atoms with Gasteiger partial charge in [-0.05, 0) is 46.1 Å². The molecule has 1 saturated heterocycles. The number of carbonyl (C=O) groups is 1. The van der Waals surface area contributed by atoms with E-state index in [1.807, 2.05) is 24.3 Å². The molecule has 9 heteroatoms. The first kappa shape index (κ1) is 19.8. The summed E-state index contributed by atoms with van der Waals surface area (Å²) < 4.78 is 27.8. The summed E-state index contributed by atoms with van der Waals surface area (Å²) in [5, 5.41) is 0.665. The summed E-state index contributed by atoms with van der Waals surface area (Å²) >= 11 is 10.6. The summed E-state index contributed by atoms with van der Waals surface area (Å²) in [4.78, 5) is 14.2. The van der Waals surface area contributed by atoms with Crippen molar-refractivity contribution < 1.29 is 13.2 Å². The Bertz CT molecular complexity index is 893. The van der Waals surface area contributed by atoms with E-state index in [0.717, 1.165) is 9.35 Å². The van der Waals surface area contributed by atoms with Crippen molar-refractivity contribution >= 4 is 54.8 Å². The van der Waals surface area contributed by atoms with Crippen LogP contribution in [0.25, 0.3) is 0 Å². The molecule has 3 rings (SSSR count). The minimum Gasteiger partial charge on any atom is -0.340 e. The molecule has 0 atom stereocenters. The molecule has 2 heterocycles. The van der Waals surface area contributed by atoms with E-state index in [9.17, 15) is 13.2 Å². The molecular weight excluding hydrogens is 460 g/mol. The molecule has 26 heavy (non-hydrogen) atoms. The topological polar surface area (TPSA) is 57.7 Å². The summed E-state index contributed by atoms with van der Waals surface area (Å²) in [5.41, 5.74) is 0.951. The molecule has 0 N–H and O–H groups in total. The maximum absolute atomic E-state index is 12.6. The lowest BCUT2D eigenvalue weighted by atomic mass is 10.1. The van der Waals surface area contributed by atoms with E-state index in [1.54, 1.807) is 17.0 Å². The average molecular weight is 478 g/mol. The van der Waals surface area contributed by atoms with Gasteiger partial charge in [0.1, 0.15) is 4.21 Å². The lowest BCUT2D eigenvalue weighted by Gasteiger charge is -2.33. The third-order valence-corrected chi connectivity index (χ3v) is 8.66. The number of thiophene rings is 1. The number of hydrogen-bond acceptors (Lipinski definition) is 4. The zero-order valence-corrected chi connectivity index (χ0v) is 17.9. The molecule has 1 aromatic heterocycles. The first-order valence-corrected chi connectivity index (χ1v) is 11.6. The lowest BCUT2D eigenvalue weighted by Crippen LogP contribution is -2.50. The monoisotopic (exact) mass is 476 g/mol. The fourth-order valence-corrected chi connectivity index (χ4v) is 6.66. The molecule has 0 spiro atoms. The van der Waals surface area contributed by atoms with Crippen molar-refractivity contribution in [2.24, 2.45) is 0 Å². The van der Waals surface area contributed by atoms with Crippen LogP contribution in [0.15, 0.2) is 44.4 Å². The molecule has 1 aliphatic rings. The van der Waals surface area contributed by atoms with Crippen molar-refractivity contribution in [1.82, 2.24) is 9.21 Å². The smallest absolute Gasteiger partial charge is 0.252 e. The van der Waals surface area contributed by atoms with Crippen molar-refractivity contribution in [3.63, 3.8) is 0 Å². The van der Waals surface area contributed by atoms with Gasteiger partial charge >= 0.3 is 0 Å². The second-order valence-corrected chi connectivity index (χ2v) is 11.0. The number of hydrogen-bond donors (Lipinski definition) is 0. The fraction of sp³-hybridized carbons (Fsp3) is 0.353. The highest BCUT2D eigenvalue weighted by Gasteiger charge is 2.30. The molecule has 2 aromatic rings. The van der Waals surface area contributed by atoms with Crippen LogP contribution in [0.2, 0.25) is 5.02 Å². The standard InChI is InChI=1S/C17H18BrClN2O3S2/c18-15-6-8-17(25-15)26(23,24)21-11-9-20(10-12-21)16(22)7-5-13-3-1-2-4-14(13)19/h1-4,6,8H,5,7,9-12H2. The summed E-state index contributed by atoms with van der Waals surface area (Å²) in [6.07, 6.45) is 0.953. The minimum absolute atomic E-state index is 0.0286. The lowest BCUT2D eigenvalue weighted by molar-refractivity contribution is -0.132. The Balaban J connectivity index is 1.55. The highest BCUT2D eigenvalue weighted by molar-refractivity contribution is 9.11. The molecule has 0 bridgehead atoms. The molecule has 0 radical (unpaired) electrons. The number of rotatable bonds is 5. The first-order valence-electron chi connectivity index (χ1n) is 8.14. The number of benzene rings is 1. The van der Waals surface area contributed by atoms with Crippen molar-refractivity contribution in [3.8, 4) is 0 Å². The Hall–Kier alpha value is -0.930. The Morgan fingerprint density at radius 1 is 1.12 bits per heavy atom. The van der Waals surface area contributed by atoms with Gasteiger partial charge in [-0.3, -0.25) is 4.79 Å². The maximum atomic E-state index is 12.6. The van der Waals surface area contributed by atoms with Crippen molar-refractivity contribution in [2.75, 3.05) is 26.2 Å². The SMILES string of the molecule is O=C(CCc1ccccc1Cl)N1CCN(S(=O)(=O)c2ccc(Br)s2)CC1. The van der Waals surface area contributed by atoms with Crippen LogP contribution in [-0.2, 0) is 21.2 Å². The molecule has 1 aromatic carbocycles. The highest BCUT2D eigenvalue weighted by Crippen LogP contribution is 2.29. The van der Waals surface area contributed by atoms with Gasteiger partial charge in [-0.15, -0.1) is 11.3 Å². The number of aryl methyl sites for hydroxylation is 1. The molecule has 0 unspecified atom stereocenters. The Morgan fingerprint density at radius 3 is 2.42 bits per heavy atom. The van der Waals surface area contributed by atoms with Gasteiger partial charge in [-0.1, -0.05) is 29.8 Å². The van der Waals surface area contributed by atoms with E-state index in [1.165, 1.54) is 15.6 Å². The molecule has 140 valence electrons. The van der Waals surface area contributed by atoms with Gasteiger partial charge in [0.15, 0.2) is 0 Å². The third-order valence-electron chi connectivity index (χ3n) is 4.30. The summed E-state index contributed by atoms with van der Waals surface area (Å²) in [6, 6.07) is 10.8. The van der Waals surface area contributed by atoms with Crippen molar-refractivity contribution in [3.05, 3.63) is 50.8 Å². The minimum atomic E-state index is -3.48. The predicted octanol–water partition coefficient (Wildman–Crippen LogP) is 3.63. The van der Waals surface area contributed by atoms with E-state index in [4.69, 9.17) is 11.6 Å². The van der Waals surface area contributed by atoms with Crippen LogP contribution in [0, 0.1) is 0 Å². The fourth-order valence-electron chi connectivity index (χ4n) is 2.84. The Kier molecular flexibility index (Phi) is 6.40. The van der Waals surface area contributed by atoms with Crippen LogP contribution < -0.4 is 0 Å². The number of amides is 1. The van der Waals surface area contributed by atoms with E-state index in [2.05, 4.69) is 15.9 Å². The molecule has 1 amide bonds. The predicted molar refractivity (Wildman–Crippen MR) is 107 cm³/mol. The molecule has 0 aliphatic carbocycles. The van der Waals surface area contributed by atoms with Gasteiger partial charge in [0.2, 0.25) is 5.91 Å². The Morgan fingerprint density at radius 2 is 1.81 bits per heavy atom. The summed E-state index contributed by atoms with van der Waals surface area (Å²) in [6.45, 7) is 1.45. The van der Waals surface area contributed by atoms with Gasteiger partial charge in [-0.25, -0.2) is 8.42 Å². The number of halogens is 2. The quantitative estimate of drug-likeness (QED) is 0.661. The van der Waals surface area contributed by atoms with Gasteiger partial charge in [0.05, 0.1) is 3.79 Å². The van der Waals surface area contributed by atoms with E-state index in [0.29, 0.717) is 48.3 Å². The zero-order valence-electron chi connectivity index (χ0n) is 13.9. The molecule has 1 fully saturated rings. The van der Waals surface area contributed by atoms with Crippen LogP contribution in [0.5, 0.6) is 0 Å². The first-order chi connectivity index (χ1) is 12.4. The highest BCUT2D eigenvalue weighted by atomic mass is 79.9. The summed E-state index contributed by atoms with van der Waals surface area (Å²) in [5.74, 6) is 0.0286. The molecule has 5 nitrogen and oxygen atoms in total. The van der Waals surface area contributed by atoms with Crippen LogP contribution in [-0.4, -0.2) is 49.7 Å². The van der Waals surface area contributed by atoms with Crippen LogP contribution >= 0.6 is 38.9 Å². The van der Waals surface area contributed by atoms with Gasteiger partial charge in [0, 0.05) is 37.6 Å². The number of nitrogens with zero attached hydrogens (tertiary/aromatic N) is 2. The third kappa shape index (κ3) is 4.48. The maximum Gasteiger partial charge on any atom is 0.252 e. The molecular formula is C17H18BrClN2O3S2. The second kappa shape index (κ2) is 8.39. The number of carbonyl (C=O) groups excluding carboxylic acids is 1. The zero-order chi connectivity index (χ0) is 18.7. The summed E-state index contributed by atoms with van der Waals surface area (Å²) in [7, 11) is -3.48. The normalized spacial score (nSPS) is 16.0. The van der Waals surface area contributed by atoms with Crippen LogP contribution in [0.3, 0.4) is 0 Å². The van der Waals surface area contributed by atoms with Crippen LogP contribution in [0.1, 0.15) is 12.0 Å². The molecule has 1 aliphatic heterocycles. The van der Waals surface area contributed by atoms with E-state index >= 15 is 0 Å². The Labute approximate surface area is 170 Å². The van der Waals surface area contributed by atoms with E-state index in [-0.39, 0.29) is 5.91 Å². The van der Waals surface area contributed by atoms with Gasteiger partial charge in [-0.2, -0.15) is 4.31 Å². The largest absolute Gasteiger partial charge is 0.340 e.